The average molecular weight is 283 g/mol. The second kappa shape index (κ2) is 15.1. The van der Waals surface area contributed by atoms with Crippen molar-refractivity contribution in [1.82, 2.24) is 0 Å². The molecule has 20 heavy (non-hydrogen) atoms. The first-order chi connectivity index (χ1) is 9.72. The van der Waals surface area contributed by atoms with Gasteiger partial charge in [0.25, 0.3) is 0 Å². The van der Waals surface area contributed by atoms with Gasteiger partial charge in [0.05, 0.1) is 6.10 Å². The maximum atomic E-state index is 9.59. The van der Waals surface area contributed by atoms with E-state index in [9.17, 15) is 5.11 Å². The number of aliphatic hydroxyl groups excluding tert-OH is 1. The summed E-state index contributed by atoms with van der Waals surface area (Å²) in [6.07, 6.45) is 19.2. The van der Waals surface area contributed by atoms with E-state index in [1.54, 1.807) is 6.08 Å². The van der Waals surface area contributed by atoms with Crippen molar-refractivity contribution in [3.8, 4) is 0 Å². The van der Waals surface area contributed by atoms with Crippen molar-refractivity contribution in [1.29, 1.82) is 0 Å². The topological polar surface area (TPSA) is 20.2 Å². The Hall–Kier alpha value is -0.300. The van der Waals surface area contributed by atoms with Gasteiger partial charge < -0.3 is 5.11 Å². The van der Waals surface area contributed by atoms with Crippen molar-refractivity contribution in [2.45, 2.75) is 103 Å². The number of hydrogen-bond donors (Lipinski definition) is 1. The van der Waals surface area contributed by atoms with Gasteiger partial charge in [0.2, 0.25) is 0 Å². The lowest BCUT2D eigenvalue weighted by atomic mass is 9.97. The lowest BCUT2D eigenvalue weighted by Gasteiger charge is -2.14. The zero-order chi connectivity index (χ0) is 15.1. The Bertz CT molecular complexity index is 200. The maximum Gasteiger partial charge on any atom is 0.0743 e. The monoisotopic (exact) mass is 282 g/mol. The van der Waals surface area contributed by atoms with Gasteiger partial charge in [0.1, 0.15) is 0 Å². The molecule has 0 aliphatic carbocycles. The van der Waals surface area contributed by atoms with Crippen LogP contribution in [0.4, 0.5) is 0 Å². The molecule has 1 heteroatoms. The van der Waals surface area contributed by atoms with Crippen molar-refractivity contribution < 1.29 is 5.11 Å². The van der Waals surface area contributed by atoms with Crippen LogP contribution >= 0.6 is 0 Å². The Labute approximate surface area is 127 Å². The Kier molecular flexibility index (Phi) is 14.9. The molecule has 0 aromatic rings. The highest BCUT2D eigenvalue weighted by molar-refractivity contribution is 4.81. The van der Waals surface area contributed by atoms with Gasteiger partial charge >= 0.3 is 0 Å². The predicted octanol–water partition coefficient (Wildman–Crippen LogP) is 6.26. The molecule has 0 spiro atoms. The number of unbranched alkanes of at least 4 members (excludes halogenated alkanes) is 11. The Balaban J connectivity index is 3.11. The van der Waals surface area contributed by atoms with Gasteiger partial charge in [-0.1, -0.05) is 97.0 Å². The van der Waals surface area contributed by atoms with Crippen LogP contribution in [-0.2, 0) is 0 Å². The summed E-state index contributed by atoms with van der Waals surface area (Å²) in [5.41, 5.74) is 0. The molecule has 0 aliphatic heterocycles. The van der Waals surface area contributed by atoms with Crippen molar-refractivity contribution in [3.63, 3.8) is 0 Å². The van der Waals surface area contributed by atoms with E-state index >= 15 is 0 Å². The summed E-state index contributed by atoms with van der Waals surface area (Å²) in [6, 6.07) is 0. The third kappa shape index (κ3) is 12.7. The molecular weight excluding hydrogens is 244 g/mol. The number of hydrogen-bond acceptors (Lipinski definition) is 1. The fraction of sp³-hybridized carbons (Fsp3) is 0.895. The molecule has 2 unspecified atom stereocenters. The number of aliphatic hydroxyl groups is 1. The minimum absolute atomic E-state index is 0.317. The van der Waals surface area contributed by atoms with Crippen LogP contribution in [0.1, 0.15) is 97.3 Å². The van der Waals surface area contributed by atoms with E-state index in [0.29, 0.717) is 5.92 Å². The van der Waals surface area contributed by atoms with Crippen LogP contribution in [0.2, 0.25) is 0 Å². The predicted molar refractivity (Wildman–Crippen MR) is 91.1 cm³/mol. The molecule has 0 saturated heterocycles. The van der Waals surface area contributed by atoms with E-state index in [1.807, 2.05) is 0 Å². The third-order valence-corrected chi connectivity index (χ3v) is 4.34. The largest absolute Gasteiger partial charge is 0.389 e. The third-order valence-electron chi connectivity index (χ3n) is 4.34. The highest BCUT2D eigenvalue weighted by atomic mass is 16.3. The van der Waals surface area contributed by atoms with Crippen LogP contribution in [0.25, 0.3) is 0 Å². The van der Waals surface area contributed by atoms with E-state index in [2.05, 4.69) is 20.4 Å². The molecule has 1 N–H and O–H groups in total. The van der Waals surface area contributed by atoms with Crippen molar-refractivity contribution in [2.75, 3.05) is 0 Å². The summed E-state index contributed by atoms with van der Waals surface area (Å²) in [6.45, 7) is 8.03. The highest BCUT2D eigenvalue weighted by Crippen LogP contribution is 2.16. The van der Waals surface area contributed by atoms with Crippen molar-refractivity contribution in [2.24, 2.45) is 5.92 Å². The fourth-order valence-electron chi connectivity index (χ4n) is 2.71. The van der Waals surface area contributed by atoms with Crippen LogP contribution < -0.4 is 0 Å². The summed E-state index contributed by atoms with van der Waals surface area (Å²) in [4.78, 5) is 0. The first kappa shape index (κ1) is 19.7. The van der Waals surface area contributed by atoms with Gasteiger partial charge in [-0.2, -0.15) is 0 Å². The first-order valence-electron chi connectivity index (χ1n) is 9.03. The van der Waals surface area contributed by atoms with Crippen molar-refractivity contribution >= 4 is 0 Å². The zero-order valence-electron chi connectivity index (χ0n) is 14.1. The molecule has 0 aliphatic rings. The second-order valence-corrected chi connectivity index (χ2v) is 6.38. The Morgan fingerprint density at radius 3 is 1.60 bits per heavy atom. The normalized spacial score (nSPS) is 14.2. The maximum absolute atomic E-state index is 9.59. The molecule has 0 rings (SSSR count). The Morgan fingerprint density at radius 2 is 1.20 bits per heavy atom. The van der Waals surface area contributed by atoms with Crippen LogP contribution in [0.15, 0.2) is 12.7 Å². The first-order valence-corrected chi connectivity index (χ1v) is 9.03. The molecule has 0 saturated carbocycles. The molecule has 0 aromatic carbocycles. The molecule has 0 bridgehead atoms. The summed E-state index contributed by atoms with van der Waals surface area (Å²) >= 11 is 0. The van der Waals surface area contributed by atoms with Gasteiger partial charge in [-0.05, 0) is 12.3 Å². The SMILES string of the molecule is C=CC(O)C(C)CCCCCCCCCCCCCC. The molecule has 2 atom stereocenters. The molecule has 1 nitrogen and oxygen atoms in total. The Morgan fingerprint density at radius 1 is 0.800 bits per heavy atom. The minimum Gasteiger partial charge on any atom is -0.389 e. The van der Waals surface area contributed by atoms with Crippen molar-refractivity contribution in [3.05, 3.63) is 12.7 Å². The van der Waals surface area contributed by atoms with Crippen LogP contribution in [0.3, 0.4) is 0 Å². The molecule has 0 radical (unpaired) electrons. The van der Waals surface area contributed by atoms with E-state index in [-0.39, 0.29) is 6.10 Å². The summed E-state index contributed by atoms with van der Waals surface area (Å²) in [5.74, 6) is 0.371. The average Bonchev–Trinajstić information content (AvgIpc) is 2.47. The van der Waals surface area contributed by atoms with Gasteiger partial charge in [-0.3, -0.25) is 0 Å². The standard InChI is InChI=1S/C19H38O/c1-4-6-7-8-9-10-11-12-13-14-15-16-17-18(3)19(20)5-2/h5,18-20H,2,4,6-17H2,1,3H3. The molecule has 0 aromatic heterocycles. The van der Waals surface area contributed by atoms with E-state index in [1.165, 1.54) is 77.0 Å². The lowest BCUT2D eigenvalue weighted by molar-refractivity contribution is 0.155. The molecule has 0 amide bonds. The van der Waals surface area contributed by atoms with Crippen LogP contribution in [0, 0.1) is 5.92 Å². The molecule has 0 heterocycles. The summed E-state index contributed by atoms with van der Waals surface area (Å²) < 4.78 is 0. The molecule has 0 fully saturated rings. The molecular formula is C19H38O. The van der Waals surface area contributed by atoms with Gasteiger partial charge in [0.15, 0.2) is 0 Å². The minimum atomic E-state index is -0.317. The number of rotatable bonds is 15. The second-order valence-electron chi connectivity index (χ2n) is 6.38. The van der Waals surface area contributed by atoms with E-state index in [0.717, 1.165) is 6.42 Å². The van der Waals surface area contributed by atoms with Gasteiger partial charge in [-0.15, -0.1) is 6.58 Å². The highest BCUT2D eigenvalue weighted by Gasteiger charge is 2.09. The zero-order valence-corrected chi connectivity index (χ0v) is 14.1. The van der Waals surface area contributed by atoms with Crippen LogP contribution in [0.5, 0.6) is 0 Å². The summed E-state index contributed by atoms with van der Waals surface area (Å²) in [7, 11) is 0. The fourth-order valence-corrected chi connectivity index (χ4v) is 2.71. The quantitative estimate of drug-likeness (QED) is 0.277. The van der Waals surface area contributed by atoms with E-state index in [4.69, 9.17) is 0 Å². The van der Waals surface area contributed by atoms with Crippen LogP contribution in [-0.4, -0.2) is 11.2 Å². The van der Waals surface area contributed by atoms with E-state index < -0.39 is 0 Å². The molecule has 120 valence electrons. The summed E-state index contributed by atoms with van der Waals surface area (Å²) in [5, 5.41) is 9.59. The smallest absolute Gasteiger partial charge is 0.0743 e. The van der Waals surface area contributed by atoms with Gasteiger partial charge in [-0.25, -0.2) is 0 Å². The lowest BCUT2D eigenvalue weighted by Crippen LogP contribution is -2.13. The van der Waals surface area contributed by atoms with Gasteiger partial charge in [0, 0.05) is 0 Å².